The largest absolute Gasteiger partial charge is 0.490 e. The summed E-state index contributed by atoms with van der Waals surface area (Å²) in [5.41, 5.74) is -1.31. The molecule has 0 spiro atoms. The SMILES string of the molecule is CO[C@H]1C(O)[C@@H](COP(=O)(O)OP(=O)(O)OP(=O)(O)O)O[C@H]1c1cnc(=O)[nH]c1F. The van der Waals surface area contributed by atoms with E-state index in [1.807, 2.05) is 0 Å². The van der Waals surface area contributed by atoms with Crippen molar-refractivity contribution in [3.8, 4) is 0 Å². The Labute approximate surface area is 166 Å². The van der Waals surface area contributed by atoms with E-state index in [-0.39, 0.29) is 5.56 Å². The molecule has 1 aromatic rings. The first-order chi connectivity index (χ1) is 13.6. The molecule has 0 aromatic carbocycles. The van der Waals surface area contributed by atoms with E-state index < -0.39 is 66.1 Å². The van der Waals surface area contributed by atoms with E-state index in [4.69, 9.17) is 24.2 Å². The molecule has 0 amide bonds. The second kappa shape index (κ2) is 9.30. The van der Waals surface area contributed by atoms with Gasteiger partial charge in [-0.05, 0) is 0 Å². The zero-order valence-corrected chi connectivity index (χ0v) is 17.4. The van der Waals surface area contributed by atoms with Gasteiger partial charge in [0.2, 0.25) is 5.95 Å². The van der Waals surface area contributed by atoms with Gasteiger partial charge in [-0.15, -0.1) is 0 Å². The van der Waals surface area contributed by atoms with Crippen molar-refractivity contribution >= 4 is 23.5 Å². The van der Waals surface area contributed by atoms with Crippen molar-refractivity contribution in [2.45, 2.75) is 24.4 Å². The smallest absolute Gasteiger partial charge is 0.387 e. The summed E-state index contributed by atoms with van der Waals surface area (Å²) in [7, 11) is -15.6. The Morgan fingerprint density at radius 1 is 1.20 bits per heavy atom. The molecule has 16 nitrogen and oxygen atoms in total. The number of ether oxygens (including phenoxy) is 2. The normalized spacial score (nSPS) is 28.8. The molecule has 1 aliphatic heterocycles. The molecule has 172 valence electrons. The van der Waals surface area contributed by atoms with E-state index in [1.165, 1.54) is 0 Å². The average molecular weight is 500 g/mol. The Kier molecular flexibility index (Phi) is 7.86. The predicted molar refractivity (Wildman–Crippen MR) is 89.1 cm³/mol. The van der Waals surface area contributed by atoms with Crippen LogP contribution in [0.1, 0.15) is 11.7 Å². The lowest BCUT2D eigenvalue weighted by Gasteiger charge is -2.19. The lowest BCUT2D eigenvalue weighted by Crippen LogP contribution is -2.34. The molecule has 6 atom stereocenters. The molecule has 0 bridgehead atoms. The summed E-state index contributed by atoms with van der Waals surface area (Å²) in [6, 6.07) is 0. The molecule has 1 aliphatic rings. The van der Waals surface area contributed by atoms with Crippen LogP contribution in [0.2, 0.25) is 0 Å². The molecule has 30 heavy (non-hydrogen) atoms. The molecule has 3 unspecified atom stereocenters. The number of aliphatic hydroxyl groups excluding tert-OH is 1. The number of halogens is 1. The van der Waals surface area contributed by atoms with E-state index >= 15 is 0 Å². The minimum absolute atomic E-state index is 0.318. The maximum Gasteiger partial charge on any atom is 0.490 e. The molecule has 20 heteroatoms. The fourth-order valence-electron chi connectivity index (χ4n) is 2.44. The fourth-order valence-corrected chi connectivity index (χ4v) is 5.47. The summed E-state index contributed by atoms with van der Waals surface area (Å²) in [6.07, 6.45) is -4.83. The monoisotopic (exact) mass is 500 g/mol. The Balaban J connectivity index is 2.09. The molecule has 2 rings (SSSR count). The summed E-state index contributed by atoms with van der Waals surface area (Å²) in [5.74, 6) is -1.14. The third kappa shape index (κ3) is 6.80. The van der Waals surface area contributed by atoms with Gasteiger partial charge >= 0.3 is 29.2 Å². The van der Waals surface area contributed by atoms with Crippen molar-refractivity contribution in [3.63, 3.8) is 0 Å². The number of hydrogen-bond acceptors (Lipinski definition) is 11. The molecule has 1 saturated heterocycles. The first-order valence-electron chi connectivity index (χ1n) is 7.53. The predicted octanol–water partition coefficient (Wildman–Crippen LogP) is -0.932. The van der Waals surface area contributed by atoms with Crippen LogP contribution in [0.4, 0.5) is 4.39 Å². The van der Waals surface area contributed by atoms with Crippen LogP contribution in [0.3, 0.4) is 0 Å². The Hall–Kier alpha value is -0.900. The zero-order valence-electron chi connectivity index (χ0n) is 14.7. The van der Waals surface area contributed by atoms with Crippen molar-refractivity contribution in [3.05, 3.63) is 28.2 Å². The van der Waals surface area contributed by atoms with Crippen LogP contribution in [0.25, 0.3) is 0 Å². The second-order valence-corrected chi connectivity index (χ2v) is 10.1. The van der Waals surface area contributed by atoms with E-state index in [9.17, 15) is 32.9 Å². The van der Waals surface area contributed by atoms with E-state index in [0.717, 1.165) is 13.3 Å². The van der Waals surface area contributed by atoms with Gasteiger partial charge in [0.25, 0.3) is 0 Å². The first-order valence-corrected chi connectivity index (χ1v) is 12.1. The van der Waals surface area contributed by atoms with Crippen molar-refractivity contribution < 1.29 is 65.4 Å². The highest BCUT2D eigenvalue weighted by molar-refractivity contribution is 7.66. The van der Waals surface area contributed by atoms with Gasteiger partial charge in [-0.3, -0.25) is 9.51 Å². The van der Waals surface area contributed by atoms with Crippen molar-refractivity contribution in [1.82, 2.24) is 9.97 Å². The zero-order chi connectivity index (χ0) is 22.9. The summed E-state index contributed by atoms with van der Waals surface area (Å²) in [4.78, 5) is 51.6. The standard InChI is InChI=1S/C10H16FN2O14P3/c1-23-8-6(14)5(25-7(8)4-2-12-10(15)13-9(4)11)3-24-29(19,20)27-30(21,22)26-28(16,17)18/h2,5-8,14H,3H2,1H3,(H,19,20)(H,21,22)(H,12,13,15)(H2,16,17,18)/t5-,6?,7+,8+/m1/s1. The molecular formula is C10H16FN2O14P3. The van der Waals surface area contributed by atoms with Gasteiger partial charge in [0.1, 0.15) is 24.4 Å². The molecule has 1 fully saturated rings. The highest BCUT2D eigenvalue weighted by Gasteiger charge is 2.48. The molecular weight excluding hydrogens is 484 g/mol. The maximum absolute atomic E-state index is 14.0. The van der Waals surface area contributed by atoms with Crippen LogP contribution >= 0.6 is 23.5 Å². The highest BCUT2D eigenvalue weighted by Crippen LogP contribution is 2.66. The van der Waals surface area contributed by atoms with Crippen LogP contribution in [0, 0.1) is 5.95 Å². The minimum Gasteiger partial charge on any atom is -0.387 e. The summed E-state index contributed by atoms with van der Waals surface area (Å²) in [6.45, 7) is -0.986. The number of phosphoric ester groups is 1. The van der Waals surface area contributed by atoms with Gasteiger partial charge in [0, 0.05) is 13.3 Å². The van der Waals surface area contributed by atoms with Gasteiger partial charge in [0.15, 0.2) is 0 Å². The second-order valence-electron chi connectivity index (χ2n) is 5.63. The van der Waals surface area contributed by atoms with E-state index in [1.54, 1.807) is 4.98 Å². The van der Waals surface area contributed by atoms with Gasteiger partial charge in [-0.1, -0.05) is 0 Å². The Bertz CT molecular complexity index is 966. The summed E-state index contributed by atoms with van der Waals surface area (Å²) >= 11 is 0. The van der Waals surface area contributed by atoms with Gasteiger partial charge in [-0.2, -0.15) is 13.0 Å². The molecule has 0 saturated carbocycles. The van der Waals surface area contributed by atoms with Crippen molar-refractivity contribution in [1.29, 1.82) is 0 Å². The number of nitrogens with zero attached hydrogens (tertiary/aromatic N) is 1. The number of methoxy groups -OCH3 is 1. The molecule has 2 heterocycles. The third-order valence-electron chi connectivity index (χ3n) is 3.52. The topological polar surface area (TPSA) is 244 Å². The molecule has 0 radical (unpaired) electrons. The Morgan fingerprint density at radius 3 is 2.37 bits per heavy atom. The third-order valence-corrected chi connectivity index (χ3v) is 7.33. The fraction of sp³-hybridized carbons (Fsp3) is 0.600. The van der Waals surface area contributed by atoms with Crippen molar-refractivity contribution in [2.24, 2.45) is 0 Å². The van der Waals surface area contributed by atoms with E-state index in [2.05, 4.69) is 18.1 Å². The number of hydrogen-bond donors (Lipinski definition) is 6. The van der Waals surface area contributed by atoms with Crippen LogP contribution < -0.4 is 5.69 Å². The van der Waals surface area contributed by atoms with Crippen LogP contribution in [-0.4, -0.2) is 66.7 Å². The minimum atomic E-state index is -5.72. The number of aliphatic hydroxyl groups is 1. The quantitative estimate of drug-likeness (QED) is 0.177. The van der Waals surface area contributed by atoms with E-state index in [0.29, 0.717) is 0 Å². The number of H-pyrrole nitrogens is 1. The summed E-state index contributed by atoms with van der Waals surface area (Å²) < 4.78 is 69.4. The van der Waals surface area contributed by atoms with Crippen LogP contribution in [-0.2, 0) is 36.3 Å². The van der Waals surface area contributed by atoms with Gasteiger partial charge < -0.3 is 34.2 Å². The summed E-state index contributed by atoms with van der Waals surface area (Å²) in [5, 5.41) is 10.2. The molecule has 0 aliphatic carbocycles. The number of aromatic nitrogens is 2. The number of nitrogens with one attached hydrogen (secondary N) is 1. The van der Waals surface area contributed by atoms with Crippen LogP contribution in [0.15, 0.2) is 11.0 Å². The molecule has 6 N–H and O–H groups in total. The van der Waals surface area contributed by atoms with Crippen molar-refractivity contribution in [2.75, 3.05) is 13.7 Å². The number of rotatable bonds is 9. The highest BCUT2D eigenvalue weighted by atomic mass is 31.3. The lowest BCUT2D eigenvalue weighted by molar-refractivity contribution is -0.0245. The van der Waals surface area contributed by atoms with Gasteiger partial charge in [0.05, 0.1) is 12.2 Å². The first kappa shape index (κ1) is 25.4. The Morgan fingerprint density at radius 2 is 1.83 bits per heavy atom. The average Bonchev–Trinajstić information content (AvgIpc) is 2.85. The molecule has 1 aromatic heterocycles. The van der Waals surface area contributed by atoms with Gasteiger partial charge in [-0.25, -0.2) is 23.5 Å². The maximum atomic E-state index is 14.0. The number of aromatic amines is 1. The number of phosphoric acid groups is 3. The lowest BCUT2D eigenvalue weighted by atomic mass is 10.0. The van der Waals surface area contributed by atoms with Crippen LogP contribution in [0.5, 0.6) is 0 Å².